The van der Waals surface area contributed by atoms with Gasteiger partial charge in [-0.1, -0.05) is 18.6 Å². The standard InChI is InChI=1S/C19H21NO4S/c1-11-15(12-6-8-13(24-2)9-7-12)10-17(25-11)18(21)20-16-5-3-4-14(16)19(22)23/h6-10,14,16H,3-5H2,1-2H3,(H,20,21)(H,22,23)/t14-,16+/m0/s1. The summed E-state index contributed by atoms with van der Waals surface area (Å²) >= 11 is 1.43. The van der Waals surface area contributed by atoms with E-state index >= 15 is 0 Å². The molecule has 0 saturated heterocycles. The fraction of sp³-hybridized carbons (Fsp3) is 0.368. The average Bonchev–Trinajstić information content (AvgIpc) is 3.21. The Kier molecular flexibility index (Phi) is 5.08. The van der Waals surface area contributed by atoms with E-state index in [1.807, 2.05) is 37.3 Å². The molecule has 1 aromatic heterocycles. The highest BCUT2D eigenvalue weighted by molar-refractivity contribution is 7.14. The van der Waals surface area contributed by atoms with Crippen LogP contribution in [0.4, 0.5) is 0 Å². The van der Waals surface area contributed by atoms with Gasteiger partial charge in [0.2, 0.25) is 0 Å². The van der Waals surface area contributed by atoms with Crippen LogP contribution < -0.4 is 10.1 Å². The fourth-order valence-corrected chi connectivity index (χ4v) is 4.26. The minimum atomic E-state index is -0.830. The number of benzene rings is 1. The van der Waals surface area contributed by atoms with E-state index in [1.54, 1.807) is 7.11 Å². The topological polar surface area (TPSA) is 75.6 Å². The van der Waals surface area contributed by atoms with E-state index in [2.05, 4.69) is 5.32 Å². The lowest BCUT2D eigenvalue weighted by Crippen LogP contribution is -2.39. The van der Waals surface area contributed by atoms with Crippen molar-refractivity contribution < 1.29 is 19.4 Å². The number of amides is 1. The van der Waals surface area contributed by atoms with Crippen LogP contribution in [0.15, 0.2) is 30.3 Å². The maximum absolute atomic E-state index is 12.6. The zero-order valence-electron chi connectivity index (χ0n) is 14.2. The van der Waals surface area contributed by atoms with Crippen LogP contribution in [0.3, 0.4) is 0 Å². The highest BCUT2D eigenvalue weighted by Crippen LogP contribution is 2.33. The molecule has 3 rings (SSSR count). The number of carbonyl (C=O) groups is 2. The molecule has 2 aromatic rings. The van der Waals surface area contributed by atoms with Gasteiger partial charge in [0.15, 0.2) is 0 Å². The molecule has 0 aliphatic heterocycles. The number of ether oxygens (including phenoxy) is 1. The van der Waals surface area contributed by atoms with Crippen LogP contribution in [0.2, 0.25) is 0 Å². The summed E-state index contributed by atoms with van der Waals surface area (Å²) < 4.78 is 5.17. The summed E-state index contributed by atoms with van der Waals surface area (Å²) in [5, 5.41) is 12.2. The molecule has 0 radical (unpaired) electrons. The molecule has 2 N–H and O–H groups in total. The fourth-order valence-electron chi connectivity index (χ4n) is 3.32. The highest BCUT2D eigenvalue weighted by atomic mass is 32.1. The number of hydrogen-bond donors (Lipinski definition) is 2. The van der Waals surface area contributed by atoms with Gasteiger partial charge in [0.1, 0.15) is 5.75 Å². The Morgan fingerprint density at radius 1 is 1.24 bits per heavy atom. The number of hydrogen-bond acceptors (Lipinski definition) is 4. The minimum absolute atomic E-state index is 0.189. The number of nitrogens with one attached hydrogen (secondary N) is 1. The Bertz CT molecular complexity index is 781. The summed E-state index contributed by atoms with van der Waals surface area (Å²) in [4.78, 5) is 25.5. The van der Waals surface area contributed by atoms with Gasteiger partial charge >= 0.3 is 5.97 Å². The Hall–Kier alpha value is -2.34. The first-order valence-electron chi connectivity index (χ1n) is 8.28. The number of methoxy groups -OCH3 is 1. The molecule has 1 saturated carbocycles. The van der Waals surface area contributed by atoms with E-state index < -0.39 is 11.9 Å². The van der Waals surface area contributed by atoms with Crippen molar-refractivity contribution in [3.8, 4) is 16.9 Å². The number of carboxylic acids is 1. The lowest BCUT2D eigenvalue weighted by atomic mass is 10.0. The van der Waals surface area contributed by atoms with Crippen molar-refractivity contribution in [3.05, 3.63) is 40.1 Å². The summed E-state index contributed by atoms with van der Waals surface area (Å²) in [7, 11) is 1.63. The van der Waals surface area contributed by atoms with Crippen molar-refractivity contribution in [2.75, 3.05) is 7.11 Å². The molecule has 2 atom stereocenters. The van der Waals surface area contributed by atoms with Crippen LogP contribution >= 0.6 is 11.3 Å². The van der Waals surface area contributed by atoms with Gasteiger partial charge in [0, 0.05) is 10.9 Å². The molecule has 1 aliphatic carbocycles. The van der Waals surface area contributed by atoms with Crippen molar-refractivity contribution in [2.45, 2.75) is 32.2 Å². The summed E-state index contributed by atoms with van der Waals surface area (Å²) in [5.74, 6) is -0.711. The van der Waals surface area contributed by atoms with Gasteiger partial charge in [0.05, 0.1) is 17.9 Å². The molecule has 132 valence electrons. The minimum Gasteiger partial charge on any atom is -0.497 e. The quantitative estimate of drug-likeness (QED) is 0.853. The Balaban J connectivity index is 1.77. The second kappa shape index (κ2) is 7.27. The van der Waals surface area contributed by atoms with Crippen LogP contribution in [0.5, 0.6) is 5.75 Å². The second-order valence-electron chi connectivity index (χ2n) is 6.26. The third-order valence-corrected chi connectivity index (χ3v) is 5.74. The summed E-state index contributed by atoms with van der Waals surface area (Å²) in [6.07, 6.45) is 2.18. The molecule has 5 nitrogen and oxygen atoms in total. The molecular weight excluding hydrogens is 338 g/mol. The lowest BCUT2D eigenvalue weighted by Gasteiger charge is -2.16. The smallest absolute Gasteiger partial charge is 0.308 e. The molecule has 0 unspecified atom stereocenters. The van der Waals surface area contributed by atoms with Crippen molar-refractivity contribution in [1.29, 1.82) is 0 Å². The van der Waals surface area contributed by atoms with Crippen molar-refractivity contribution in [1.82, 2.24) is 5.32 Å². The summed E-state index contributed by atoms with van der Waals surface area (Å²) in [6, 6.07) is 9.31. The Morgan fingerprint density at radius 3 is 2.60 bits per heavy atom. The van der Waals surface area contributed by atoms with E-state index in [1.165, 1.54) is 11.3 Å². The van der Waals surface area contributed by atoms with E-state index in [0.717, 1.165) is 34.6 Å². The van der Waals surface area contributed by atoms with Crippen molar-refractivity contribution in [3.63, 3.8) is 0 Å². The Morgan fingerprint density at radius 2 is 1.96 bits per heavy atom. The molecule has 1 amide bonds. The number of aryl methyl sites for hydroxylation is 1. The molecule has 25 heavy (non-hydrogen) atoms. The third kappa shape index (κ3) is 3.69. The first kappa shape index (κ1) is 17.5. The average molecular weight is 359 g/mol. The molecule has 1 fully saturated rings. The van der Waals surface area contributed by atoms with Gasteiger partial charge in [-0.05, 0) is 49.1 Å². The van der Waals surface area contributed by atoms with E-state index in [-0.39, 0.29) is 11.9 Å². The highest BCUT2D eigenvalue weighted by Gasteiger charge is 2.34. The summed E-state index contributed by atoms with van der Waals surface area (Å²) in [5.41, 5.74) is 2.04. The molecule has 1 aliphatic rings. The first-order valence-corrected chi connectivity index (χ1v) is 9.09. The van der Waals surface area contributed by atoms with Gasteiger partial charge < -0.3 is 15.2 Å². The molecule has 6 heteroatoms. The molecule has 0 spiro atoms. The predicted octanol–water partition coefficient (Wildman–Crippen LogP) is 3.72. The maximum atomic E-state index is 12.6. The van der Waals surface area contributed by atoms with Crippen LogP contribution in [-0.2, 0) is 4.79 Å². The Labute approximate surface area is 150 Å². The van der Waals surface area contributed by atoms with Crippen LogP contribution in [-0.4, -0.2) is 30.1 Å². The van der Waals surface area contributed by atoms with Gasteiger partial charge in [-0.25, -0.2) is 0 Å². The number of rotatable bonds is 5. The number of carboxylic acid groups (broad SMARTS) is 1. The third-order valence-electron chi connectivity index (χ3n) is 4.69. The van der Waals surface area contributed by atoms with E-state index in [0.29, 0.717) is 11.3 Å². The molecule has 1 aromatic carbocycles. The van der Waals surface area contributed by atoms with Crippen LogP contribution in [0, 0.1) is 12.8 Å². The first-order chi connectivity index (χ1) is 12.0. The van der Waals surface area contributed by atoms with Gasteiger partial charge in [0.25, 0.3) is 5.91 Å². The summed E-state index contributed by atoms with van der Waals surface area (Å²) in [6.45, 7) is 1.98. The van der Waals surface area contributed by atoms with E-state index in [9.17, 15) is 14.7 Å². The van der Waals surface area contributed by atoms with E-state index in [4.69, 9.17) is 4.74 Å². The van der Waals surface area contributed by atoms with Gasteiger partial charge in [-0.15, -0.1) is 11.3 Å². The zero-order chi connectivity index (χ0) is 18.0. The monoisotopic (exact) mass is 359 g/mol. The van der Waals surface area contributed by atoms with Gasteiger partial charge in [-0.2, -0.15) is 0 Å². The molecule has 1 heterocycles. The zero-order valence-corrected chi connectivity index (χ0v) is 15.1. The number of aliphatic carboxylic acids is 1. The van der Waals surface area contributed by atoms with Gasteiger partial charge in [-0.3, -0.25) is 9.59 Å². The van der Waals surface area contributed by atoms with Crippen LogP contribution in [0.1, 0.15) is 33.8 Å². The molecular formula is C19H21NO4S. The predicted molar refractivity (Wildman–Crippen MR) is 97.3 cm³/mol. The SMILES string of the molecule is COc1ccc(-c2cc(C(=O)N[C@@H]3CCC[C@@H]3C(=O)O)sc2C)cc1. The lowest BCUT2D eigenvalue weighted by molar-refractivity contribution is -0.142. The maximum Gasteiger partial charge on any atom is 0.308 e. The second-order valence-corrected chi connectivity index (χ2v) is 7.52. The molecule has 0 bridgehead atoms. The largest absolute Gasteiger partial charge is 0.497 e. The van der Waals surface area contributed by atoms with Crippen molar-refractivity contribution in [2.24, 2.45) is 5.92 Å². The normalized spacial score (nSPS) is 19.6. The number of thiophene rings is 1. The number of carbonyl (C=O) groups excluding carboxylic acids is 1. The van der Waals surface area contributed by atoms with Crippen molar-refractivity contribution >= 4 is 23.2 Å². The van der Waals surface area contributed by atoms with Crippen LogP contribution in [0.25, 0.3) is 11.1 Å².